The minimum absolute atomic E-state index is 0.00881. The highest BCUT2D eigenvalue weighted by Gasteiger charge is 2.31. The molecule has 2 heterocycles. The highest BCUT2D eigenvalue weighted by Crippen LogP contribution is 2.28. The monoisotopic (exact) mass is 382 g/mol. The van der Waals surface area contributed by atoms with Crippen molar-refractivity contribution in [3.05, 3.63) is 41.1 Å². The van der Waals surface area contributed by atoms with Crippen LogP contribution in [0, 0.1) is 0 Å². The Morgan fingerprint density at radius 1 is 1.18 bits per heavy atom. The van der Waals surface area contributed by atoms with Gasteiger partial charge in [0, 0.05) is 24.3 Å². The third kappa shape index (κ3) is 3.61. The molecule has 0 unspecified atom stereocenters. The average Bonchev–Trinajstić information content (AvgIpc) is 3.26. The molecule has 1 aromatic carbocycles. The van der Waals surface area contributed by atoms with Gasteiger partial charge < -0.3 is 9.42 Å². The summed E-state index contributed by atoms with van der Waals surface area (Å²) in [6, 6.07) is 7.90. The number of nitrogens with zero attached hydrogens (tertiary/aromatic N) is 3. The van der Waals surface area contributed by atoms with Crippen LogP contribution in [-0.4, -0.2) is 41.6 Å². The van der Waals surface area contributed by atoms with Crippen molar-refractivity contribution in [1.29, 1.82) is 0 Å². The maximum absolute atomic E-state index is 12.7. The van der Waals surface area contributed by atoms with E-state index in [0.717, 1.165) is 42.6 Å². The van der Waals surface area contributed by atoms with Gasteiger partial charge in [-0.2, -0.15) is 0 Å². The average molecular weight is 382 g/mol. The summed E-state index contributed by atoms with van der Waals surface area (Å²) >= 11 is 0. The summed E-state index contributed by atoms with van der Waals surface area (Å²) in [5, 5.41) is 6.84. The first-order valence-corrected chi connectivity index (χ1v) is 9.96. The van der Waals surface area contributed by atoms with Crippen molar-refractivity contribution in [3.63, 3.8) is 0 Å². The fourth-order valence-corrected chi connectivity index (χ4v) is 3.84. The largest absolute Gasteiger partial charge is 0.338 e. The van der Waals surface area contributed by atoms with Crippen molar-refractivity contribution >= 4 is 23.5 Å². The molecule has 1 aromatic heterocycles. The standard InChI is InChI=1S/C21H26N4O3/c1-14(2)15-7-9-16(10-8-15)25-12-11-24(21(25)27)13-19(26)22-20-17-5-3-4-6-18(17)23-28-20/h7-10,14H,3-6,11-13H2,1-2H3,(H,22,26). The molecule has 0 bridgehead atoms. The molecule has 7 heteroatoms. The normalized spacial score (nSPS) is 16.6. The second kappa shape index (κ2) is 7.66. The van der Waals surface area contributed by atoms with E-state index in [1.807, 2.05) is 12.1 Å². The first-order chi connectivity index (χ1) is 13.5. The van der Waals surface area contributed by atoms with E-state index in [-0.39, 0.29) is 18.5 Å². The van der Waals surface area contributed by atoms with Crippen molar-refractivity contribution in [1.82, 2.24) is 10.1 Å². The van der Waals surface area contributed by atoms with Crippen LogP contribution in [0.3, 0.4) is 0 Å². The molecule has 1 fully saturated rings. The Kier molecular flexibility index (Phi) is 5.07. The maximum Gasteiger partial charge on any atom is 0.325 e. The first kappa shape index (κ1) is 18.5. The lowest BCUT2D eigenvalue weighted by molar-refractivity contribution is -0.116. The minimum Gasteiger partial charge on any atom is -0.338 e. The Labute approximate surface area is 164 Å². The van der Waals surface area contributed by atoms with Gasteiger partial charge in [0.05, 0.1) is 5.69 Å². The summed E-state index contributed by atoms with van der Waals surface area (Å²) in [6.07, 6.45) is 3.94. The molecule has 7 nitrogen and oxygen atoms in total. The third-order valence-electron chi connectivity index (χ3n) is 5.51. The number of nitrogens with one attached hydrogen (secondary N) is 1. The second-order valence-electron chi connectivity index (χ2n) is 7.79. The zero-order chi connectivity index (χ0) is 19.7. The molecular weight excluding hydrogens is 356 g/mol. The number of hydrogen-bond donors (Lipinski definition) is 1. The van der Waals surface area contributed by atoms with E-state index in [4.69, 9.17) is 4.52 Å². The number of benzene rings is 1. The lowest BCUT2D eigenvalue weighted by atomic mass is 9.98. The van der Waals surface area contributed by atoms with Gasteiger partial charge in [0.25, 0.3) is 0 Å². The predicted molar refractivity (Wildman–Crippen MR) is 107 cm³/mol. The van der Waals surface area contributed by atoms with Crippen molar-refractivity contribution in [3.8, 4) is 0 Å². The van der Waals surface area contributed by atoms with Crippen LogP contribution in [0.15, 0.2) is 28.8 Å². The van der Waals surface area contributed by atoms with Gasteiger partial charge >= 0.3 is 6.03 Å². The van der Waals surface area contributed by atoms with Crippen LogP contribution in [0.5, 0.6) is 0 Å². The number of rotatable bonds is 5. The van der Waals surface area contributed by atoms with E-state index in [2.05, 4.69) is 36.5 Å². The van der Waals surface area contributed by atoms with E-state index < -0.39 is 0 Å². The first-order valence-electron chi connectivity index (χ1n) is 9.96. The van der Waals surface area contributed by atoms with Gasteiger partial charge in [0.2, 0.25) is 11.8 Å². The molecular formula is C21H26N4O3. The molecule has 148 valence electrons. The molecule has 0 saturated carbocycles. The van der Waals surface area contributed by atoms with Gasteiger partial charge in [-0.1, -0.05) is 31.1 Å². The van der Waals surface area contributed by atoms with E-state index >= 15 is 0 Å². The Morgan fingerprint density at radius 2 is 1.93 bits per heavy atom. The molecule has 1 saturated heterocycles. The third-order valence-corrected chi connectivity index (χ3v) is 5.51. The zero-order valence-corrected chi connectivity index (χ0v) is 16.4. The summed E-state index contributed by atoms with van der Waals surface area (Å²) < 4.78 is 5.30. The molecule has 2 aromatic rings. The van der Waals surface area contributed by atoms with Crippen LogP contribution >= 0.6 is 0 Å². The molecule has 2 aliphatic rings. The Bertz CT molecular complexity index is 872. The van der Waals surface area contributed by atoms with Crippen LogP contribution in [0.25, 0.3) is 0 Å². The highest BCUT2D eigenvalue weighted by atomic mass is 16.5. The smallest absolute Gasteiger partial charge is 0.325 e. The quantitative estimate of drug-likeness (QED) is 0.858. The second-order valence-corrected chi connectivity index (χ2v) is 7.79. The van der Waals surface area contributed by atoms with Crippen LogP contribution in [0.1, 0.15) is 49.4 Å². The van der Waals surface area contributed by atoms with Gasteiger partial charge in [-0.15, -0.1) is 0 Å². The number of urea groups is 1. The molecule has 4 rings (SSSR count). The van der Waals surface area contributed by atoms with Gasteiger partial charge in [0.15, 0.2) is 0 Å². The van der Waals surface area contributed by atoms with Crippen LogP contribution in [-0.2, 0) is 17.6 Å². The number of amides is 3. The van der Waals surface area contributed by atoms with E-state index in [9.17, 15) is 9.59 Å². The van der Waals surface area contributed by atoms with Crippen LogP contribution in [0.2, 0.25) is 0 Å². The molecule has 0 spiro atoms. The van der Waals surface area contributed by atoms with E-state index in [1.54, 1.807) is 9.80 Å². The summed E-state index contributed by atoms with van der Waals surface area (Å²) in [4.78, 5) is 28.5. The molecule has 1 N–H and O–H groups in total. The molecule has 0 radical (unpaired) electrons. The fourth-order valence-electron chi connectivity index (χ4n) is 3.84. The van der Waals surface area contributed by atoms with Gasteiger partial charge in [-0.05, 0) is 49.3 Å². The number of aryl methyl sites for hydroxylation is 1. The van der Waals surface area contributed by atoms with Gasteiger partial charge in [-0.3, -0.25) is 15.0 Å². The number of anilines is 2. The Morgan fingerprint density at radius 3 is 2.68 bits per heavy atom. The summed E-state index contributed by atoms with van der Waals surface area (Å²) in [5.41, 5.74) is 4.04. The SMILES string of the molecule is CC(C)c1ccc(N2CCN(CC(=O)Nc3onc4c3CCCC4)C2=O)cc1. The number of fused-ring (bicyclic) bond motifs is 1. The summed E-state index contributed by atoms with van der Waals surface area (Å²) in [7, 11) is 0. The Hall–Kier alpha value is -2.83. The topological polar surface area (TPSA) is 78.7 Å². The predicted octanol–water partition coefficient (Wildman–Crippen LogP) is 3.56. The van der Waals surface area contributed by atoms with Gasteiger partial charge in [0.1, 0.15) is 6.54 Å². The van der Waals surface area contributed by atoms with Crippen molar-refractivity contribution in [2.24, 2.45) is 0 Å². The Balaban J connectivity index is 1.37. The fraction of sp³-hybridized carbons (Fsp3) is 0.476. The number of carbonyl (C=O) groups excluding carboxylic acids is 2. The van der Waals surface area contributed by atoms with Crippen LogP contribution in [0.4, 0.5) is 16.4 Å². The molecule has 1 aliphatic carbocycles. The van der Waals surface area contributed by atoms with E-state index in [0.29, 0.717) is 24.9 Å². The molecule has 1 aliphatic heterocycles. The highest BCUT2D eigenvalue weighted by molar-refractivity contribution is 5.99. The lowest BCUT2D eigenvalue weighted by Crippen LogP contribution is -2.37. The molecule has 3 amide bonds. The van der Waals surface area contributed by atoms with E-state index in [1.165, 1.54) is 5.56 Å². The lowest BCUT2D eigenvalue weighted by Gasteiger charge is -2.19. The maximum atomic E-state index is 12.7. The summed E-state index contributed by atoms with van der Waals surface area (Å²) in [5.74, 6) is 0.632. The number of hydrogen-bond acceptors (Lipinski definition) is 4. The number of aromatic nitrogens is 1. The van der Waals surface area contributed by atoms with Crippen molar-refractivity contribution in [2.45, 2.75) is 45.4 Å². The van der Waals surface area contributed by atoms with Crippen LogP contribution < -0.4 is 10.2 Å². The molecule has 28 heavy (non-hydrogen) atoms. The van der Waals surface area contributed by atoms with Gasteiger partial charge in [-0.25, -0.2) is 4.79 Å². The zero-order valence-electron chi connectivity index (χ0n) is 16.4. The van der Waals surface area contributed by atoms with Crippen molar-refractivity contribution in [2.75, 3.05) is 29.9 Å². The molecule has 0 atom stereocenters. The van der Waals surface area contributed by atoms with Crippen molar-refractivity contribution < 1.29 is 14.1 Å². The number of carbonyl (C=O) groups is 2. The minimum atomic E-state index is -0.255. The summed E-state index contributed by atoms with van der Waals surface area (Å²) in [6.45, 7) is 5.39.